The fraction of sp³-hybridized carbons (Fsp3) is 1.00. The maximum absolute atomic E-state index is 9.85. The highest BCUT2D eigenvalue weighted by atomic mass is 16.3. The van der Waals surface area contributed by atoms with Crippen molar-refractivity contribution in [3.8, 4) is 0 Å². The van der Waals surface area contributed by atoms with Gasteiger partial charge >= 0.3 is 0 Å². The molecule has 0 rings (SSSR count). The summed E-state index contributed by atoms with van der Waals surface area (Å²) < 4.78 is 0. The molecule has 2 heteroatoms. The van der Waals surface area contributed by atoms with Gasteiger partial charge in [-0.2, -0.15) is 0 Å². The Morgan fingerprint density at radius 2 is 1.62 bits per heavy atom. The summed E-state index contributed by atoms with van der Waals surface area (Å²) in [6.07, 6.45) is 2.28. The standard InChI is InChI=1S/C11H24O2/c1-5-9(6-2)11(3,4)10(13)7-8-12/h9-10,12-13H,5-8H2,1-4H3/t10-/m0/s1. The van der Waals surface area contributed by atoms with Gasteiger partial charge in [0.2, 0.25) is 0 Å². The first kappa shape index (κ1) is 12.9. The van der Waals surface area contributed by atoms with Crippen LogP contribution in [0.2, 0.25) is 0 Å². The average molecular weight is 188 g/mol. The van der Waals surface area contributed by atoms with Crippen LogP contribution in [0.25, 0.3) is 0 Å². The summed E-state index contributed by atoms with van der Waals surface area (Å²) in [5.41, 5.74) is -0.0772. The Bertz CT molecular complexity index is 128. The monoisotopic (exact) mass is 188 g/mol. The second-order valence-electron chi connectivity index (χ2n) is 4.36. The Labute approximate surface area is 82.0 Å². The van der Waals surface area contributed by atoms with Crippen LogP contribution in [-0.4, -0.2) is 22.9 Å². The molecule has 0 amide bonds. The van der Waals surface area contributed by atoms with Gasteiger partial charge in [0.05, 0.1) is 6.10 Å². The summed E-state index contributed by atoms with van der Waals surface area (Å²) >= 11 is 0. The van der Waals surface area contributed by atoms with Gasteiger partial charge in [-0.3, -0.25) is 0 Å². The first-order valence-corrected chi connectivity index (χ1v) is 5.29. The number of hydrogen-bond donors (Lipinski definition) is 2. The van der Waals surface area contributed by atoms with Crippen LogP contribution in [0.1, 0.15) is 47.0 Å². The number of aliphatic hydroxyl groups excluding tert-OH is 2. The second-order valence-corrected chi connectivity index (χ2v) is 4.36. The number of aliphatic hydroxyl groups is 2. The van der Waals surface area contributed by atoms with E-state index >= 15 is 0 Å². The first-order valence-electron chi connectivity index (χ1n) is 5.29. The summed E-state index contributed by atoms with van der Waals surface area (Å²) in [5.74, 6) is 0.536. The Morgan fingerprint density at radius 1 is 1.15 bits per heavy atom. The predicted octanol–water partition coefficient (Wildman–Crippen LogP) is 2.19. The van der Waals surface area contributed by atoms with Crippen LogP contribution in [0.3, 0.4) is 0 Å². The van der Waals surface area contributed by atoms with Crippen LogP contribution in [0.5, 0.6) is 0 Å². The van der Waals surface area contributed by atoms with Crippen LogP contribution < -0.4 is 0 Å². The summed E-state index contributed by atoms with van der Waals surface area (Å²) in [6, 6.07) is 0. The molecule has 0 radical (unpaired) electrons. The van der Waals surface area contributed by atoms with Crippen molar-refractivity contribution in [2.24, 2.45) is 11.3 Å². The van der Waals surface area contributed by atoms with E-state index in [0.717, 1.165) is 12.8 Å². The zero-order valence-electron chi connectivity index (χ0n) is 9.38. The third kappa shape index (κ3) is 3.28. The Balaban J connectivity index is 4.32. The molecular weight excluding hydrogens is 164 g/mol. The van der Waals surface area contributed by atoms with Crippen molar-refractivity contribution in [1.82, 2.24) is 0 Å². The van der Waals surface area contributed by atoms with Gasteiger partial charge in [0, 0.05) is 6.61 Å². The molecule has 0 bridgehead atoms. The van der Waals surface area contributed by atoms with Gasteiger partial charge in [-0.05, 0) is 17.8 Å². The average Bonchev–Trinajstić information content (AvgIpc) is 2.06. The normalized spacial score (nSPS) is 15.0. The molecule has 0 aromatic rings. The Hall–Kier alpha value is -0.0800. The summed E-state index contributed by atoms with van der Waals surface area (Å²) in [5, 5.41) is 18.6. The molecular formula is C11H24O2. The molecule has 2 N–H and O–H groups in total. The van der Waals surface area contributed by atoms with Gasteiger partial charge < -0.3 is 10.2 Å². The quantitative estimate of drug-likeness (QED) is 0.671. The minimum Gasteiger partial charge on any atom is -0.396 e. The van der Waals surface area contributed by atoms with E-state index in [1.807, 2.05) is 0 Å². The first-order chi connectivity index (χ1) is 6.00. The highest BCUT2D eigenvalue weighted by Gasteiger charge is 2.33. The highest BCUT2D eigenvalue weighted by molar-refractivity contribution is 4.83. The van der Waals surface area contributed by atoms with E-state index in [1.54, 1.807) is 0 Å². The van der Waals surface area contributed by atoms with Gasteiger partial charge in [-0.15, -0.1) is 0 Å². The molecule has 0 fully saturated rings. The fourth-order valence-electron chi connectivity index (χ4n) is 2.11. The predicted molar refractivity (Wildman–Crippen MR) is 55.6 cm³/mol. The third-order valence-electron chi connectivity index (χ3n) is 3.30. The molecule has 0 aromatic heterocycles. The van der Waals surface area contributed by atoms with Crippen molar-refractivity contribution in [2.45, 2.75) is 53.1 Å². The van der Waals surface area contributed by atoms with E-state index in [-0.39, 0.29) is 18.1 Å². The van der Waals surface area contributed by atoms with E-state index in [0.29, 0.717) is 12.3 Å². The smallest absolute Gasteiger partial charge is 0.0615 e. The second kappa shape index (κ2) is 5.61. The minimum atomic E-state index is -0.387. The van der Waals surface area contributed by atoms with E-state index in [4.69, 9.17) is 5.11 Å². The molecule has 0 aliphatic carbocycles. The molecule has 0 saturated carbocycles. The SMILES string of the molecule is CCC(CC)C(C)(C)[C@@H](O)CCO. The van der Waals surface area contributed by atoms with E-state index in [2.05, 4.69) is 27.7 Å². The molecule has 0 aliphatic rings. The summed E-state index contributed by atoms with van der Waals surface area (Å²) in [6.45, 7) is 8.56. The van der Waals surface area contributed by atoms with Crippen molar-refractivity contribution in [1.29, 1.82) is 0 Å². The van der Waals surface area contributed by atoms with E-state index < -0.39 is 0 Å². The molecule has 0 heterocycles. The molecule has 80 valence electrons. The van der Waals surface area contributed by atoms with Crippen LogP contribution in [0, 0.1) is 11.3 Å². The van der Waals surface area contributed by atoms with E-state index in [9.17, 15) is 5.11 Å². The lowest BCUT2D eigenvalue weighted by molar-refractivity contribution is -0.0115. The molecule has 13 heavy (non-hydrogen) atoms. The van der Waals surface area contributed by atoms with Crippen LogP contribution >= 0.6 is 0 Å². The minimum absolute atomic E-state index is 0.0742. The maximum Gasteiger partial charge on any atom is 0.0615 e. The van der Waals surface area contributed by atoms with Gasteiger partial charge in [0.15, 0.2) is 0 Å². The molecule has 2 nitrogen and oxygen atoms in total. The van der Waals surface area contributed by atoms with Crippen molar-refractivity contribution in [2.75, 3.05) is 6.61 Å². The summed E-state index contributed by atoms with van der Waals surface area (Å²) in [7, 11) is 0. The Morgan fingerprint density at radius 3 is 1.92 bits per heavy atom. The van der Waals surface area contributed by atoms with Gasteiger partial charge in [-0.1, -0.05) is 40.5 Å². The molecule has 0 saturated heterocycles. The lowest BCUT2D eigenvalue weighted by atomic mass is 9.71. The molecule has 0 aromatic carbocycles. The zero-order valence-corrected chi connectivity index (χ0v) is 9.38. The lowest BCUT2D eigenvalue weighted by Crippen LogP contribution is -2.36. The van der Waals surface area contributed by atoms with Crippen molar-refractivity contribution in [3.63, 3.8) is 0 Å². The summed E-state index contributed by atoms with van der Waals surface area (Å²) in [4.78, 5) is 0. The van der Waals surface area contributed by atoms with Gasteiger partial charge in [-0.25, -0.2) is 0 Å². The molecule has 1 atom stereocenters. The number of rotatable bonds is 6. The van der Waals surface area contributed by atoms with Crippen molar-refractivity contribution >= 4 is 0 Å². The highest BCUT2D eigenvalue weighted by Crippen LogP contribution is 2.36. The lowest BCUT2D eigenvalue weighted by Gasteiger charge is -2.37. The van der Waals surface area contributed by atoms with Crippen molar-refractivity contribution in [3.05, 3.63) is 0 Å². The fourth-order valence-corrected chi connectivity index (χ4v) is 2.11. The van der Waals surface area contributed by atoms with Crippen LogP contribution in [0.4, 0.5) is 0 Å². The van der Waals surface area contributed by atoms with Gasteiger partial charge in [0.1, 0.15) is 0 Å². The molecule has 0 unspecified atom stereocenters. The largest absolute Gasteiger partial charge is 0.396 e. The molecule has 0 spiro atoms. The van der Waals surface area contributed by atoms with Gasteiger partial charge in [0.25, 0.3) is 0 Å². The Kier molecular flexibility index (Phi) is 5.57. The topological polar surface area (TPSA) is 40.5 Å². The maximum atomic E-state index is 9.85. The van der Waals surface area contributed by atoms with E-state index in [1.165, 1.54) is 0 Å². The molecule has 0 aliphatic heterocycles. The number of hydrogen-bond acceptors (Lipinski definition) is 2. The third-order valence-corrected chi connectivity index (χ3v) is 3.30. The van der Waals surface area contributed by atoms with Crippen LogP contribution in [-0.2, 0) is 0 Å². The van der Waals surface area contributed by atoms with Crippen molar-refractivity contribution < 1.29 is 10.2 Å². The van der Waals surface area contributed by atoms with Crippen LogP contribution in [0.15, 0.2) is 0 Å². The zero-order chi connectivity index (χ0) is 10.5.